The van der Waals surface area contributed by atoms with Gasteiger partial charge in [0, 0.05) is 38.6 Å². The molecule has 7 aromatic carbocycles. The molecule has 0 amide bonds. The molecule has 4 heteroatoms. The maximum absolute atomic E-state index is 7.17. The molecule has 0 bridgehead atoms. The van der Waals surface area contributed by atoms with Crippen molar-refractivity contribution < 1.29 is 4.42 Å². The lowest BCUT2D eigenvalue weighted by molar-refractivity contribution is 0.551. The molecule has 62 heavy (non-hydrogen) atoms. The van der Waals surface area contributed by atoms with Gasteiger partial charge >= 0.3 is 0 Å². The predicted octanol–water partition coefficient (Wildman–Crippen LogP) is 15.0. The van der Waals surface area contributed by atoms with Gasteiger partial charge in [-0.3, -0.25) is 0 Å². The van der Waals surface area contributed by atoms with Crippen LogP contribution in [0, 0.1) is 0 Å². The SMILES string of the molecule is CC(C)(C)c1cc(C(C)(C)C)c2oc3c(C(C)(C)C)c(-c4nc(-c5ccccc5)nc(-c5cccc6c5-c5ccccc5C65c6ccccc6-c6ccccc65)n4)ccc3c2c1. The lowest BCUT2D eigenvalue weighted by Crippen LogP contribution is -2.25. The first-order valence-corrected chi connectivity index (χ1v) is 22.0. The van der Waals surface area contributed by atoms with Gasteiger partial charge in [-0.15, -0.1) is 0 Å². The Kier molecular flexibility index (Phi) is 8.14. The molecule has 0 saturated carbocycles. The van der Waals surface area contributed by atoms with Crippen molar-refractivity contribution in [3.63, 3.8) is 0 Å². The van der Waals surface area contributed by atoms with E-state index in [-0.39, 0.29) is 16.2 Å². The van der Waals surface area contributed by atoms with Gasteiger partial charge in [-0.25, -0.2) is 15.0 Å². The highest BCUT2D eigenvalue weighted by atomic mass is 16.3. The Hall–Kier alpha value is -6.65. The molecule has 0 unspecified atom stereocenters. The van der Waals surface area contributed by atoms with Crippen molar-refractivity contribution in [2.75, 3.05) is 0 Å². The van der Waals surface area contributed by atoms with Crippen molar-refractivity contribution in [3.8, 4) is 56.4 Å². The van der Waals surface area contributed by atoms with Crippen LogP contribution in [0.1, 0.15) is 101 Å². The average molecular weight is 806 g/mol. The van der Waals surface area contributed by atoms with Gasteiger partial charge in [0.25, 0.3) is 0 Å². The summed E-state index contributed by atoms with van der Waals surface area (Å²) in [7, 11) is 0. The zero-order valence-electron chi connectivity index (χ0n) is 37.1. The fourth-order valence-corrected chi connectivity index (χ4v) is 10.5. The number of hydrogen-bond donors (Lipinski definition) is 0. The molecule has 0 aliphatic heterocycles. The number of nitrogens with zero attached hydrogens (tertiary/aromatic N) is 3. The summed E-state index contributed by atoms with van der Waals surface area (Å²) < 4.78 is 7.17. The molecule has 1 spiro atoms. The Morgan fingerprint density at radius 2 is 0.935 bits per heavy atom. The number of hydrogen-bond acceptors (Lipinski definition) is 4. The quantitative estimate of drug-likeness (QED) is 0.178. The highest BCUT2D eigenvalue weighted by Gasteiger charge is 2.52. The summed E-state index contributed by atoms with van der Waals surface area (Å²) >= 11 is 0. The van der Waals surface area contributed by atoms with Gasteiger partial charge in [-0.1, -0.05) is 190 Å². The van der Waals surface area contributed by atoms with Crippen LogP contribution in [-0.2, 0) is 21.7 Å². The molecule has 2 heterocycles. The molecule has 2 aliphatic rings. The van der Waals surface area contributed by atoms with Crippen molar-refractivity contribution in [3.05, 3.63) is 185 Å². The summed E-state index contributed by atoms with van der Waals surface area (Å²) in [5.41, 5.74) is 17.5. The van der Waals surface area contributed by atoms with E-state index in [9.17, 15) is 0 Å². The van der Waals surface area contributed by atoms with Crippen LogP contribution in [0.3, 0.4) is 0 Å². The van der Waals surface area contributed by atoms with Gasteiger partial charge in [-0.05, 0) is 84.5 Å². The van der Waals surface area contributed by atoms with Crippen LogP contribution < -0.4 is 0 Å². The lowest BCUT2D eigenvalue weighted by Gasteiger charge is -2.30. The molecule has 0 radical (unpaired) electrons. The lowest BCUT2D eigenvalue weighted by atomic mass is 9.70. The summed E-state index contributed by atoms with van der Waals surface area (Å²) in [6, 6.07) is 53.0. The Balaban J connectivity index is 1.20. The fourth-order valence-electron chi connectivity index (χ4n) is 10.5. The summed E-state index contributed by atoms with van der Waals surface area (Å²) in [4.78, 5) is 16.2. The summed E-state index contributed by atoms with van der Waals surface area (Å²) in [5.74, 6) is 1.91. The molecule has 2 aliphatic carbocycles. The average Bonchev–Trinajstić information content (AvgIpc) is 3.89. The number of furan rings is 1. The molecule has 9 aromatic rings. The van der Waals surface area contributed by atoms with Crippen LogP contribution in [0.2, 0.25) is 0 Å². The van der Waals surface area contributed by atoms with E-state index < -0.39 is 5.41 Å². The Morgan fingerprint density at radius 3 is 1.55 bits per heavy atom. The van der Waals surface area contributed by atoms with Gasteiger partial charge in [0.15, 0.2) is 17.5 Å². The number of aromatic nitrogens is 3. The van der Waals surface area contributed by atoms with Crippen LogP contribution in [0.15, 0.2) is 150 Å². The Bertz CT molecular complexity index is 3250. The fraction of sp³-hybridized carbons (Fsp3) is 0.224. The van der Waals surface area contributed by atoms with Crippen molar-refractivity contribution in [2.24, 2.45) is 0 Å². The minimum absolute atomic E-state index is 0.0258. The van der Waals surface area contributed by atoms with E-state index >= 15 is 0 Å². The van der Waals surface area contributed by atoms with Gasteiger partial charge < -0.3 is 4.42 Å². The molecule has 304 valence electrons. The predicted molar refractivity (Wildman–Crippen MR) is 256 cm³/mol. The second kappa shape index (κ2) is 13.2. The van der Waals surface area contributed by atoms with Gasteiger partial charge in [0.2, 0.25) is 0 Å². The molecule has 0 N–H and O–H groups in total. The zero-order chi connectivity index (χ0) is 42.9. The molecule has 0 saturated heterocycles. The molecular formula is C58H51N3O. The first-order valence-electron chi connectivity index (χ1n) is 22.0. The van der Waals surface area contributed by atoms with Crippen molar-refractivity contribution in [1.29, 1.82) is 0 Å². The minimum atomic E-state index is -0.474. The van der Waals surface area contributed by atoms with E-state index in [1.807, 2.05) is 18.2 Å². The molecule has 0 atom stereocenters. The largest absolute Gasteiger partial charge is 0.455 e. The first kappa shape index (κ1) is 38.3. The molecule has 0 fully saturated rings. The number of rotatable bonds is 3. The summed E-state index contributed by atoms with van der Waals surface area (Å²) in [5, 5.41) is 2.26. The minimum Gasteiger partial charge on any atom is -0.455 e. The van der Waals surface area contributed by atoms with Gasteiger partial charge in [0.05, 0.1) is 5.41 Å². The van der Waals surface area contributed by atoms with Crippen molar-refractivity contribution in [2.45, 2.75) is 84.0 Å². The highest BCUT2D eigenvalue weighted by Crippen LogP contribution is 2.64. The van der Waals surface area contributed by atoms with E-state index in [0.717, 1.165) is 44.2 Å². The van der Waals surface area contributed by atoms with Crippen LogP contribution >= 0.6 is 0 Å². The molecular weight excluding hydrogens is 755 g/mol. The smallest absolute Gasteiger partial charge is 0.164 e. The van der Waals surface area contributed by atoms with E-state index in [0.29, 0.717) is 17.5 Å². The van der Waals surface area contributed by atoms with Crippen molar-refractivity contribution in [1.82, 2.24) is 15.0 Å². The number of benzene rings is 7. The molecule has 2 aromatic heterocycles. The van der Waals surface area contributed by atoms with E-state index in [1.165, 1.54) is 55.6 Å². The van der Waals surface area contributed by atoms with Crippen LogP contribution in [0.4, 0.5) is 0 Å². The monoisotopic (exact) mass is 805 g/mol. The Morgan fingerprint density at radius 1 is 0.403 bits per heavy atom. The second-order valence-electron chi connectivity index (χ2n) is 20.4. The van der Waals surface area contributed by atoms with Crippen molar-refractivity contribution >= 4 is 21.9 Å². The molecule has 4 nitrogen and oxygen atoms in total. The third-order valence-corrected chi connectivity index (χ3v) is 13.3. The van der Waals surface area contributed by atoms with Gasteiger partial charge in [-0.2, -0.15) is 0 Å². The highest BCUT2D eigenvalue weighted by molar-refractivity contribution is 6.09. The van der Waals surface area contributed by atoms with Crippen LogP contribution in [0.25, 0.3) is 78.4 Å². The molecule has 11 rings (SSSR count). The van der Waals surface area contributed by atoms with Crippen LogP contribution in [0.5, 0.6) is 0 Å². The van der Waals surface area contributed by atoms with E-state index in [2.05, 4.69) is 190 Å². The maximum atomic E-state index is 7.17. The third kappa shape index (κ3) is 5.48. The zero-order valence-corrected chi connectivity index (χ0v) is 37.1. The van der Waals surface area contributed by atoms with Crippen LogP contribution in [-0.4, -0.2) is 15.0 Å². The first-order chi connectivity index (χ1) is 29.7. The topological polar surface area (TPSA) is 51.8 Å². The number of fused-ring (bicyclic) bond motifs is 13. The van der Waals surface area contributed by atoms with E-state index in [1.54, 1.807) is 0 Å². The van der Waals surface area contributed by atoms with E-state index in [4.69, 9.17) is 19.4 Å². The van der Waals surface area contributed by atoms with Gasteiger partial charge in [0.1, 0.15) is 11.2 Å². The normalized spacial score (nSPS) is 14.0. The summed E-state index contributed by atoms with van der Waals surface area (Å²) in [6.45, 7) is 20.5. The third-order valence-electron chi connectivity index (χ3n) is 13.3. The maximum Gasteiger partial charge on any atom is 0.164 e. The standard InChI is InChI=1S/C58H51N3O/c1-55(2,3)35-32-42-38-30-31-41(49(57(7,8)9)51(38)62-50(42)47(33-35)56(4,5)6)54-60-52(34-20-11-10-12-21-34)59-53(61-54)40-25-19-29-46-48(40)39-24-15-18-28-45(39)58(46)43-26-16-13-22-36(43)37-23-14-17-27-44(37)58/h10-33H,1-9H3. The Labute approximate surface area is 364 Å². The second-order valence-corrected chi connectivity index (χ2v) is 20.4. The summed E-state index contributed by atoms with van der Waals surface area (Å²) in [6.07, 6.45) is 0.